The van der Waals surface area contributed by atoms with Crippen LogP contribution in [0.25, 0.3) is 0 Å². The van der Waals surface area contributed by atoms with Gasteiger partial charge in [0.15, 0.2) is 5.82 Å². The second-order valence-corrected chi connectivity index (χ2v) is 11.0. The highest BCUT2D eigenvalue weighted by Crippen LogP contribution is 2.37. The van der Waals surface area contributed by atoms with E-state index in [-0.39, 0.29) is 6.04 Å². The van der Waals surface area contributed by atoms with Gasteiger partial charge in [0.05, 0.1) is 32.5 Å². The van der Waals surface area contributed by atoms with Crippen molar-refractivity contribution in [2.75, 3.05) is 55.2 Å². The topological polar surface area (TPSA) is 88.1 Å². The van der Waals surface area contributed by atoms with Gasteiger partial charge in [0.2, 0.25) is 5.88 Å². The molecule has 3 aromatic rings. The fourth-order valence-electron chi connectivity index (χ4n) is 6.60. The Hall–Kier alpha value is -3.61. The van der Waals surface area contributed by atoms with Crippen molar-refractivity contribution in [1.29, 1.82) is 0 Å². The van der Waals surface area contributed by atoms with Crippen molar-refractivity contribution in [2.24, 2.45) is 0 Å². The maximum absolute atomic E-state index is 13.9. The molecule has 12 heteroatoms. The molecule has 3 atom stereocenters. The predicted molar refractivity (Wildman–Crippen MR) is 148 cm³/mol. The number of hydrogen-bond acceptors (Lipinski definition) is 10. The number of aromatic nitrogens is 3. The normalized spacial score (nSPS) is 24.8. The van der Waals surface area contributed by atoms with E-state index in [0.29, 0.717) is 60.0 Å². The molecule has 1 aromatic carbocycles. The van der Waals surface area contributed by atoms with Crippen LogP contribution in [0.15, 0.2) is 42.7 Å². The summed E-state index contributed by atoms with van der Waals surface area (Å²) in [6, 6.07) is 9.99. The molecule has 216 valence electrons. The number of rotatable bonds is 7. The van der Waals surface area contributed by atoms with Crippen LogP contribution in [-0.2, 0) is 9.57 Å². The maximum Gasteiger partial charge on any atom is 0.239 e. The van der Waals surface area contributed by atoms with Gasteiger partial charge >= 0.3 is 0 Å². The van der Waals surface area contributed by atoms with E-state index in [0.717, 1.165) is 51.0 Å². The minimum Gasteiger partial charge on any atom is -0.479 e. The Morgan fingerprint density at radius 2 is 1.80 bits per heavy atom. The number of anilines is 4. The largest absolute Gasteiger partial charge is 0.479 e. The zero-order chi connectivity index (χ0) is 27.9. The summed E-state index contributed by atoms with van der Waals surface area (Å²) in [5.74, 6) is 1.07. The number of hydrogen-bond donors (Lipinski definition) is 1. The lowest BCUT2D eigenvalue weighted by molar-refractivity contribution is 0.00658. The number of pyridine rings is 1. The maximum atomic E-state index is 13.9. The third kappa shape index (κ3) is 5.27. The molecule has 0 radical (unpaired) electrons. The number of hydroxylamine groups is 1. The van der Waals surface area contributed by atoms with Crippen LogP contribution >= 0.6 is 0 Å². The fraction of sp³-hybridized carbons (Fsp3) is 0.483. The van der Waals surface area contributed by atoms with Crippen LogP contribution < -0.4 is 20.0 Å². The SMILES string of the molecule is COc1nc(N2CCC(N3C[C@H]4C[C@@H]3CO4)CC2)ccc1Nc1cc(N2OCC[C@@H]2c2cc(F)cc(F)c2)ncn1. The molecular weight excluding hydrogens is 532 g/mol. The molecule has 41 heavy (non-hydrogen) atoms. The Labute approximate surface area is 237 Å². The quantitative estimate of drug-likeness (QED) is 0.449. The molecule has 0 spiro atoms. The smallest absolute Gasteiger partial charge is 0.239 e. The lowest BCUT2D eigenvalue weighted by Gasteiger charge is -2.40. The molecule has 0 unspecified atom stereocenters. The highest BCUT2D eigenvalue weighted by molar-refractivity contribution is 5.66. The molecule has 2 aromatic heterocycles. The van der Waals surface area contributed by atoms with Crippen LogP contribution in [0.3, 0.4) is 0 Å². The number of morpholine rings is 1. The van der Waals surface area contributed by atoms with Crippen LogP contribution in [-0.4, -0.2) is 78.0 Å². The van der Waals surface area contributed by atoms with Crippen molar-refractivity contribution in [1.82, 2.24) is 19.9 Å². The number of ether oxygens (including phenoxy) is 2. The third-order valence-electron chi connectivity index (χ3n) is 8.55. The van der Waals surface area contributed by atoms with E-state index in [1.54, 1.807) is 18.2 Å². The number of benzene rings is 1. The van der Waals surface area contributed by atoms with Crippen molar-refractivity contribution in [3.63, 3.8) is 0 Å². The molecule has 4 saturated heterocycles. The molecule has 4 aliphatic heterocycles. The van der Waals surface area contributed by atoms with Gasteiger partial charge in [0, 0.05) is 50.3 Å². The zero-order valence-corrected chi connectivity index (χ0v) is 22.9. The van der Waals surface area contributed by atoms with E-state index in [9.17, 15) is 8.78 Å². The van der Waals surface area contributed by atoms with Crippen molar-refractivity contribution in [2.45, 2.75) is 49.9 Å². The van der Waals surface area contributed by atoms with Gasteiger partial charge < -0.3 is 19.7 Å². The summed E-state index contributed by atoms with van der Waals surface area (Å²) in [6.07, 6.45) is 5.81. The Morgan fingerprint density at radius 1 is 0.976 bits per heavy atom. The molecular formula is C29H33F2N7O3. The number of likely N-dealkylation sites (tertiary alicyclic amines) is 1. The summed E-state index contributed by atoms with van der Waals surface area (Å²) in [6.45, 7) is 4.25. The molecule has 1 N–H and O–H groups in total. The van der Waals surface area contributed by atoms with Crippen molar-refractivity contribution in [3.05, 3.63) is 59.9 Å². The minimum absolute atomic E-state index is 0.378. The van der Waals surface area contributed by atoms with E-state index < -0.39 is 11.6 Å². The average Bonchev–Trinajstić information content (AvgIpc) is 3.75. The van der Waals surface area contributed by atoms with Gasteiger partial charge in [0.1, 0.15) is 35.3 Å². The first kappa shape index (κ1) is 26.3. The highest BCUT2D eigenvalue weighted by atomic mass is 19.1. The molecule has 4 aliphatic rings. The van der Waals surface area contributed by atoms with Crippen molar-refractivity contribution >= 4 is 23.1 Å². The number of nitrogens with zero attached hydrogens (tertiary/aromatic N) is 6. The molecule has 0 amide bonds. The van der Waals surface area contributed by atoms with E-state index in [2.05, 4.69) is 25.1 Å². The van der Waals surface area contributed by atoms with Crippen LogP contribution in [0.4, 0.5) is 31.9 Å². The Bertz CT molecular complexity index is 1390. The van der Waals surface area contributed by atoms with Gasteiger partial charge in [-0.2, -0.15) is 4.98 Å². The Kier molecular flexibility index (Phi) is 7.05. The van der Waals surface area contributed by atoms with E-state index in [1.165, 1.54) is 24.9 Å². The molecule has 4 fully saturated rings. The first-order valence-electron chi connectivity index (χ1n) is 14.2. The first-order valence-corrected chi connectivity index (χ1v) is 14.2. The van der Waals surface area contributed by atoms with Crippen molar-refractivity contribution in [3.8, 4) is 5.88 Å². The summed E-state index contributed by atoms with van der Waals surface area (Å²) in [4.78, 5) is 24.3. The highest BCUT2D eigenvalue weighted by Gasteiger charge is 2.42. The molecule has 10 nitrogen and oxygen atoms in total. The molecule has 2 bridgehead atoms. The molecule has 6 heterocycles. The van der Waals surface area contributed by atoms with Gasteiger partial charge in [-0.05, 0) is 49.1 Å². The van der Waals surface area contributed by atoms with Gasteiger partial charge in [0.25, 0.3) is 0 Å². The molecule has 0 aliphatic carbocycles. The second-order valence-electron chi connectivity index (χ2n) is 11.0. The van der Waals surface area contributed by atoms with E-state index in [1.807, 2.05) is 12.1 Å². The summed E-state index contributed by atoms with van der Waals surface area (Å²) in [5.41, 5.74) is 1.15. The number of fused-ring (bicyclic) bond motifs is 2. The number of halogens is 2. The monoisotopic (exact) mass is 565 g/mol. The zero-order valence-electron chi connectivity index (χ0n) is 22.9. The number of piperidine rings is 1. The van der Waals surface area contributed by atoms with Crippen LogP contribution in [0.2, 0.25) is 0 Å². The lowest BCUT2D eigenvalue weighted by atomic mass is 10.0. The standard InChI is InChI=1S/C29H33F2N7O3/c1-39-29-24(2-3-27(35-29)36-7-4-21(5-8-36)37-15-23-13-22(37)16-40-23)34-26-14-28(33-17-32-26)38-25(6-9-41-38)18-10-19(30)12-20(31)11-18/h2-3,10-12,14,17,21-23,25H,4-9,13,15-16H2,1H3,(H,32,33,34)/t22-,23-,25-/m1/s1. The van der Waals surface area contributed by atoms with E-state index in [4.69, 9.17) is 19.3 Å². The predicted octanol–water partition coefficient (Wildman–Crippen LogP) is 4.23. The Morgan fingerprint density at radius 3 is 2.54 bits per heavy atom. The average molecular weight is 566 g/mol. The number of methoxy groups -OCH3 is 1. The summed E-state index contributed by atoms with van der Waals surface area (Å²) >= 11 is 0. The first-order chi connectivity index (χ1) is 20.0. The summed E-state index contributed by atoms with van der Waals surface area (Å²) in [7, 11) is 1.60. The second kappa shape index (κ2) is 11.0. The summed E-state index contributed by atoms with van der Waals surface area (Å²) in [5, 5.41) is 4.84. The van der Waals surface area contributed by atoms with Gasteiger partial charge in [-0.15, -0.1) is 0 Å². The van der Waals surface area contributed by atoms with Crippen molar-refractivity contribution < 1.29 is 23.1 Å². The number of nitrogens with one attached hydrogen (secondary N) is 1. The third-order valence-corrected chi connectivity index (χ3v) is 8.55. The van der Waals surface area contributed by atoms with Gasteiger partial charge in [-0.3, -0.25) is 9.74 Å². The fourth-order valence-corrected chi connectivity index (χ4v) is 6.60. The Balaban J connectivity index is 1.03. The van der Waals surface area contributed by atoms with Crippen LogP contribution in [0.5, 0.6) is 5.88 Å². The van der Waals surface area contributed by atoms with E-state index >= 15 is 0 Å². The molecule has 7 rings (SSSR count). The van der Waals surface area contributed by atoms with Crippen LogP contribution in [0.1, 0.15) is 37.3 Å². The van der Waals surface area contributed by atoms with Gasteiger partial charge in [-0.25, -0.2) is 23.8 Å². The van der Waals surface area contributed by atoms with Gasteiger partial charge in [-0.1, -0.05) is 0 Å². The minimum atomic E-state index is -0.627. The lowest BCUT2D eigenvalue weighted by Crippen LogP contribution is -2.49. The van der Waals surface area contributed by atoms with Crippen LogP contribution in [0, 0.1) is 11.6 Å². The summed E-state index contributed by atoms with van der Waals surface area (Å²) < 4.78 is 39.2. The molecule has 0 saturated carbocycles.